The summed E-state index contributed by atoms with van der Waals surface area (Å²) in [6.07, 6.45) is -0.00560. The van der Waals surface area contributed by atoms with Crippen molar-refractivity contribution in [2.45, 2.75) is 60.1 Å². The predicted octanol–water partition coefficient (Wildman–Crippen LogP) is 4.29. The zero-order valence-electron chi connectivity index (χ0n) is 22.3. The van der Waals surface area contributed by atoms with Gasteiger partial charge in [-0.05, 0) is 68.2 Å². The third-order valence-electron chi connectivity index (χ3n) is 6.23. The molecule has 3 aromatic rings. The van der Waals surface area contributed by atoms with E-state index in [0.717, 1.165) is 53.4 Å². The highest BCUT2D eigenvalue weighted by atomic mass is 32.1. The number of aliphatic carboxylic acids is 1. The summed E-state index contributed by atoms with van der Waals surface area (Å²) >= 11 is 1.70. The van der Waals surface area contributed by atoms with Crippen LogP contribution in [0.2, 0.25) is 0 Å². The van der Waals surface area contributed by atoms with Crippen LogP contribution in [0.1, 0.15) is 48.8 Å². The number of aliphatic hydroxyl groups excluding tert-OH is 1. The summed E-state index contributed by atoms with van der Waals surface area (Å²) in [5.41, 5.74) is 3.99. The van der Waals surface area contributed by atoms with Crippen molar-refractivity contribution in [2.75, 3.05) is 32.8 Å². The zero-order chi connectivity index (χ0) is 26.9. The number of ether oxygens (including phenoxy) is 1. The second-order valence-electron chi connectivity index (χ2n) is 9.05. The van der Waals surface area contributed by atoms with Crippen molar-refractivity contribution in [3.63, 3.8) is 0 Å². The lowest BCUT2D eigenvalue weighted by Crippen LogP contribution is -2.32. The fourth-order valence-electron chi connectivity index (χ4n) is 4.02. The van der Waals surface area contributed by atoms with Gasteiger partial charge in [0.2, 0.25) is 5.82 Å². The van der Waals surface area contributed by atoms with E-state index in [1.165, 1.54) is 10.4 Å². The number of carboxylic acid groups (broad SMARTS) is 1. The monoisotopic (exact) mass is 530 g/mol. The largest absolute Gasteiger partial charge is 0.490 e. The Labute approximate surface area is 222 Å². The lowest BCUT2D eigenvalue weighted by molar-refractivity contribution is -0.136. The molecular weight excluding hydrogens is 492 g/mol. The molecule has 9 nitrogen and oxygen atoms in total. The van der Waals surface area contributed by atoms with E-state index in [9.17, 15) is 9.90 Å². The summed E-state index contributed by atoms with van der Waals surface area (Å²) in [5.74, 6) is 0.900. The molecule has 0 radical (unpaired) electrons. The molecule has 0 fully saturated rings. The molecule has 2 aromatic heterocycles. The van der Waals surface area contributed by atoms with Gasteiger partial charge in [0.05, 0.1) is 11.3 Å². The van der Waals surface area contributed by atoms with Crippen molar-refractivity contribution in [3.05, 3.63) is 39.8 Å². The summed E-state index contributed by atoms with van der Waals surface area (Å²) in [6, 6.07) is 6.08. The van der Waals surface area contributed by atoms with Gasteiger partial charge in [-0.1, -0.05) is 25.9 Å². The number of hydrogen-bond donors (Lipinski definition) is 3. The second kappa shape index (κ2) is 13.7. The number of benzene rings is 1. The average molecular weight is 531 g/mol. The van der Waals surface area contributed by atoms with Gasteiger partial charge in [0.1, 0.15) is 18.5 Å². The van der Waals surface area contributed by atoms with Gasteiger partial charge >= 0.3 is 5.97 Å². The molecule has 37 heavy (non-hydrogen) atoms. The van der Waals surface area contributed by atoms with Gasteiger partial charge in [-0.15, -0.1) is 11.3 Å². The van der Waals surface area contributed by atoms with E-state index in [2.05, 4.69) is 47.2 Å². The number of nitrogens with one attached hydrogen (secondary N) is 1. The van der Waals surface area contributed by atoms with Crippen LogP contribution in [-0.2, 0) is 17.8 Å². The number of aliphatic hydroxyl groups is 1. The van der Waals surface area contributed by atoms with Gasteiger partial charge in [0.15, 0.2) is 0 Å². The van der Waals surface area contributed by atoms with E-state index in [4.69, 9.17) is 14.4 Å². The molecule has 3 rings (SSSR count). The fraction of sp³-hybridized carbons (Fsp3) is 0.519. The molecule has 0 aliphatic rings. The van der Waals surface area contributed by atoms with E-state index in [0.29, 0.717) is 18.3 Å². The molecule has 1 aromatic carbocycles. The Morgan fingerprint density at radius 3 is 2.62 bits per heavy atom. The minimum atomic E-state index is -0.874. The van der Waals surface area contributed by atoms with Gasteiger partial charge in [-0.3, -0.25) is 9.69 Å². The van der Waals surface area contributed by atoms with Gasteiger partial charge in [-0.25, -0.2) is 0 Å². The Bertz CT molecular complexity index is 1170. The van der Waals surface area contributed by atoms with E-state index in [1.54, 1.807) is 11.3 Å². The topological polar surface area (TPSA) is 121 Å². The SMILES string of the molecule is CCc1cc(-c2noc(-c3cc(C)c(CN(CC)CC)s3)n2)cc(C)c1OCC(O)CNCCC(=O)O. The third kappa shape index (κ3) is 7.85. The first-order chi connectivity index (χ1) is 17.7. The summed E-state index contributed by atoms with van der Waals surface area (Å²) < 4.78 is 11.6. The molecule has 3 N–H and O–H groups in total. The van der Waals surface area contributed by atoms with E-state index in [1.807, 2.05) is 26.0 Å². The Balaban J connectivity index is 1.70. The molecule has 0 bridgehead atoms. The number of nitrogens with zero attached hydrogens (tertiary/aromatic N) is 3. The van der Waals surface area contributed by atoms with Gasteiger partial charge < -0.3 is 24.8 Å². The van der Waals surface area contributed by atoms with Crippen LogP contribution in [0, 0.1) is 13.8 Å². The van der Waals surface area contributed by atoms with Crippen LogP contribution in [0.5, 0.6) is 5.75 Å². The first kappa shape index (κ1) is 28.8. The lowest BCUT2D eigenvalue weighted by Gasteiger charge is -2.17. The van der Waals surface area contributed by atoms with Crippen molar-refractivity contribution >= 4 is 17.3 Å². The minimum absolute atomic E-state index is 0.00942. The molecule has 10 heteroatoms. The first-order valence-corrected chi connectivity index (χ1v) is 13.6. The van der Waals surface area contributed by atoms with Crippen LogP contribution < -0.4 is 10.1 Å². The van der Waals surface area contributed by atoms with Crippen molar-refractivity contribution in [1.82, 2.24) is 20.4 Å². The minimum Gasteiger partial charge on any atom is -0.490 e. The fourth-order valence-corrected chi connectivity index (χ4v) is 5.16. The van der Waals surface area contributed by atoms with Crippen LogP contribution in [-0.4, -0.2) is 70.1 Å². The van der Waals surface area contributed by atoms with Gasteiger partial charge in [0, 0.05) is 30.1 Å². The molecular formula is C27H38N4O5S. The molecule has 0 aliphatic heterocycles. The normalized spacial score (nSPS) is 12.3. The maximum Gasteiger partial charge on any atom is 0.304 e. The van der Waals surface area contributed by atoms with E-state index < -0.39 is 12.1 Å². The van der Waals surface area contributed by atoms with Crippen LogP contribution in [0.4, 0.5) is 0 Å². The molecule has 0 saturated carbocycles. The molecule has 2 heterocycles. The van der Waals surface area contributed by atoms with Crippen molar-refractivity contribution in [3.8, 4) is 27.9 Å². The predicted molar refractivity (Wildman–Crippen MR) is 145 cm³/mol. The number of hydrogen-bond acceptors (Lipinski definition) is 9. The Hall–Kier alpha value is -2.79. The standard InChI is InChI=1S/C27H38N4O5S/c1-6-19-13-20(11-18(5)25(19)35-16-21(32)14-28-10-9-24(33)34)26-29-27(36-30-26)22-12-17(4)23(37-22)15-31(7-2)8-3/h11-13,21,28,32H,6-10,14-16H2,1-5H3,(H,33,34). The first-order valence-electron chi connectivity index (χ1n) is 12.8. The number of aromatic nitrogens is 2. The number of rotatable bonds is 15. The summed E-state index contributed by atoms with van der Waals surface area (Å²) in [7, 11) is 0. The second-order valence-corrected chi connectivity index (χ2v) is 10.2. The summed E-state index contributed by atoms with van der Waals surface area (Å²) in [6.45, 7) is 14.1. The smallest absolute Gasteiger partial charge is 0.304 e. The molecule has 202 valence electrons. The molecule has 1 unspecified atom stereocenters. The Kier molecular flexibility index (Phi) is 10.6. The third-order valence-corrected chi connectivity index (χ3v) is 7.44. The number of thiophene rings is 1. The Morgan fingerprint density at radius 2 is 1.95 bits per heavy atom. The van der Waals surface area contributed by atoms with Crippen molar-refractivity contribution in [1.29, 1.82) is 0 Å². The maximum atomic E-state index is 10.6. The quantitative estimate of drug-likeness (QED) is 0.247. The number of carbonyl (C=O) groups is 1. The molecule has 0 saturated heterocycles. The van der Waals surface area contributed by atoms with Crippen LogP contribution in [0.15, 0.2) is 22.7 Å². The molecule has 0 aliphatic carbocycles. The number of aryl methyl sites for hydroxylation is 3. The molecule has 0 amide bonds. The number of carboxylic acids is 1. The van der Waals surface area contributed by atoms with E-state index >= 15 is 0 Å². The zero-order valence-corrected chi connectivity index (χ0v) is 23.2. The average Bonchev–Trinajstić information content (AvgIpc) is 3.50. The van der Waals surface area contributed by atoms with Crippen LogP contribution in [0.3, 0.4) is 0 Å². The lowest BCUT2D eigenvalue weighted by atomic mass is 10.0. The summed E-state index contributed by atoms with van der Waals surface area (Å²) in [5, 5.41) is 26.1. The van der Waals surface area contributed by atoms with Crippen molar-refractivity contribution in [2.24, 2.45) is 0 Å². The van der Waals surface area contributed by atoms with Crippen LogP contribution in [0.25, 0.3) is 22.2 Å². The highest BCUT2D eigenvalue weighted by Crippen LogP contribution is 2.34. The molecule has 0 spiro atoms. The van der Waals surface area contributed by atoms with Gasteiger partial charge in [-0.2, -0.15) is 4.98 Å². The van der Waals surface area contributed by atoms with Crippen LogP contribution >= 0.6 is 11.3 Å². The summed E-state index contributed by atoms with van der Waals surface area (Å²) in [4.78, 5) is 19.9. The van der Waals surface area contributed by atoms with E-state index in [-0.39, 0.29) is 19.6 Å². The molecule has 1 atom stereocenters. The van der Waals surface area contributed by atoms with Crippen molar-refractivity contribution < 1.29 is 24.3 Å². The Morgan fingerprint density at radius 1 is 1.19 bits per heavy atom. The van der Waals surface area contributed by atoms with Gasteiger partial charge in [0.25, 0.3) is 5.89 Å². The highest BCUT2D eigenvalue weighted by molar-refractivity contribution is 7.15. The highest BCUT2D eigenvalue weighted by Gasteiger charge is 2.18. The maximum absolute atomic E-state index is 10.6.